The summed E-state index contributed by atoms with van der Waals surface area (Å²) in [5, 5.41) is 2.93. The van der Waals surface area contributed by atoms with Gasteiger partial charge in [-0.05, 0) is 25.0 Å². The molecule has 0 saturated heterocycles. The van der Waals surface area contributed by atoms with Crippen molar-refractivity contribution in [2.24, 2.45) is 5.73 Å². The normalized spacial score (nSPS) is 11.7. The van der Waals surface area contributed by atoms with Crippen molar-refractivity contribution in [3.8, 4) is 0 Å². The van der Waals surface area contributed by atoms with Gasteiger partial charge in [-0.15, -0.1) is 12.4 Å². The number of nitrogens with one attached hydrogen (secondary N) is 2. The molecule has 0 aromatic heterocycles. The van der Waals surface area contributed by atoms with E-state index in [4.69, 9.17) is 28.9 Å². The lowest BCUT2D eigenvalue weighted by Gasteiger charge is -2.31. The van der Waals surface area contributed by atoms with Gasteiger partial charge < -0.3 is 11.1 Å². The van der Waals surface area contributed by atoms with Crippen molar-refractivity contribution in [2.45, 2.75) is 43.5 Å². The van der Waals surface area contributed by atoms with Gasteiger partial charge in [0.05, 0.1) is 15.6 Å². The number of sulfonamides is 1. The molecule has 0 fully saturated rings. The highest BCUT2D eigenvalue weighted by Gasteiger charge is 2.26. The molecule has 1 aromatic carbocycles. The molecule has 0 unspecified atom stereocenters. The van der Waals surface area contributed by atoms with Crippen LogP contribution < -0.4 is 15.8 Å². The average molecular weight is 433 g/mol. The van der Waals surface area contributed by atoms with E-state index >= 15 is 0 Å². The van der Waals surface area contributed by atoms with Crippen LogP contribution in [0, 0.1) is 0 Å². The Balaban J connectivity index is 0.00000576. The molecule has 10 heteroatoms. The van der Waals surface area contributed by atoms with Crippen LogP contribution in [0.3, 0.4) is 0 Å². The molecule has 0 radical (unpaired) electrons. The van der Waals surface area contributed by atoms with Crippen LogP contribution in [-0.4, -0.2) is 33.0 Å². The first-order valence-corrected chi connectivity index (χ1v) is 9.90. The van der Waals surface area contributed by atoms with Gasteiger partial charge in [-0.1, -0.05) is 43.1 Å². The van der Waals surface area contributed by atoms with Crippen molar-refractivity contribution in [2.75, 3.05) is 13.1 Å². The first kappa shape index (κ1) is 24.4. The number of nitrogens with two attached hydrogens (primary N) is 1. The van der Waals surface area contributed by atoms with E-state index in [1.54, 1.807) is 6.07 Å². The molecule has 0 aliphatic heterocycles. The molecule has 1 rings (SSSR count). The van der Waals surface area contributed by atoms with Crippen LogP contribution in [-0.2, 0) is 14.8 Å². The summed E-state index contributed by atoms with van der Waals surface area (Å²) in [6, 6.07) is 4.43. The van der Waals surface area contributed by atoms with Crippen molar-refractivity contribution < 1.29 is 13.2 Å². The number of carbonyl (C=O) groups is 1. The molecule has 1 amide bonds. The summed E-state index contributed by atoms with van der Waals surface area (Å²) in [6.45, 7) is 4.15. The minimum atomic E-state index is -3.90. The number of benzene rings is 1. The Morgan fingerprint density at radius 3 is 2.16 bits per heavy atom. The van der Waals surface area contributed by atoms with Crippen molar-refractivity contribution in [3.05, 3.63) is 28.2 Å². The van der Waals surface area contributed by atoms with Gasteiger partial charge >= 0.3 is 0 Å². The first-order valence-electron chi connectivity index (χ1n) is 7.66. The summed E-state index contributed by atoms with van der Waals surface area (Å²) in [4.78, 5) is 11.9. The maximum Gasteiger partial charge on any atom is 0.243 e. The largest absolute Gasteiger partial charge is 0.349 e. The standard InChI is InChI=1S/C15H23Cl2N3O3S.ClH/c1-3-15(4-2,10-18)20-13(21)8-9-19-24(22,23)14-11(16)6-5-7-12(14)17;/h5-7,19H,3-4,8-10,18H2,1-2H3,(H,20,21);1H. The van der Waals surface area contributed by atoms with Crippen LogP contribution in [0.15, 0.2) is 23.1 Å². The Labute approximate surface area is 165 Å². The van der Waals surface area contributed by atoms with Gasteiger partial charge in [-0.25, -0.2) is 13.1 Å². The number of halogens is 3. The highest BCUT2D eigenvalue weighted by atomic mass is 35.5. The van der Waals surface area contributed by atoms with Gasteiger partial charge in [0, 0.05) is 19.5 Å². The third kappa shape index (κ3) is 6.58. The number of hydrogen-bond acceptors (Lipinski definition) is 4. The van der Waals surface area contributed by atoms with E-state index in [1.165, 1.54) is 12.1 Å². The van der Waals surface area contributed by atoms with Crippen LogP contribution in [0.1, 0.15) is 33.1 Å². The van der Waals surface area contributed by atoms with E-state index in [0.717, 1.165) is 0 Å². The van der Waals surface area contributed by atoms with Crippen molar-refractivity contribution in [1.82, 2.24) is 10.0 Å². The van der Waals surface area contributed by atoms with E-state index < -0.39 is 15.6 Å². The summed E-state index contributed by atoms with van der Waals surface area (Å²) in [5.41, 5.74) is 5.27. The van der Waals surface area contributed by atoms with Gasteiger partial charge in [-0.2, -0.15) is 0 Å². The second-order valence-corrected chi connectivity index (χ2v) is 7.96. The molecule has 1 aromatic rings. The predicted molar refractivity (Wildman–Crippen MR) is 104 cm³/mol. The van der Waals surface area contributed by atoms with Crippen molar-refractivity contribution in [1.29, 1.82) is 0 Å². The molecule has 0 heterocycles. The van der Waals surface area contributed by atoms with Gasteiger partial charge in [0.25, 0.3) is 0 Å². The van der Waals surface area contributed by atoms with Crippen LogP contribution in [0.4, 0.5) is 0 Å². The fourth-order valence-corrected chi connectivity index (χ4v) is 4.41. The number of rotatable bonds is 9. The zero-order valence-electron chi connectivity index (χ0n) is 14.1. The van der Waals surface area contributed by atoms with E-state index in [-0.39, 0.29) is 46.2 Å². The van der Waals surface area contributed by atoms with Crippen molar-refractivity contribution >= 4 is 51.5 Å². The number of carbonyl (C=O) groups excluding carboxylic acids is 1. The Kier molecular flexibility index (Phi) is 10.3. The molecular formula is C15H24Cl3N3O3S. The molecule has 0 atom stereocenters. The second kappa shape index (κ2) is 10.5. The monoisotopic (exact) mass is 431 g/mol. The Hall–Kier alpha value is -0.570. The summed E-state index contributed by atoms with van der Waals surface area (Å²) < 4.78 is 26.9. The third-order valence-electron chi connectivity index (χ3n) is 3.98. The molecule has 0 bridgehead atoms. The zero-order valence-corrected chi connectivity index (χ0v) is 17.3. The molecule has 0 spiro atoms. The Morgan fingerprint density at radius 2 is 1.72 bits per heavy atom. The highest BCUT2D eigenvalue weighted by molar-refractivity contribution is 7.89. The average Bonchev–Trinajstić information content (AvgIpc) is 2.52. The van der Waals surface area contributed by atoms with Crippen LogP contribution >= 0.6 is 35.6 Å². The van der Waals surface area contributed by atoms with E-state index in [9.17, 15) is 13.2 Å². The lowest BCUT2D eigenvalue weighted by Crippen LogP contribution is -2.53. The molecule has 6 nitrogen and oxygen atoms in total. The fourth-order valence-electron chi connectivity index (χ4n) is 2.24. The van der Waals surface area contributed by atoms with Crippen LogP contribution in [0.2, 0.25) is 10.0 Å². The highest BCUT2D eigenvalue weighted by Crippen LogP contribution is 2.28. The fraction of sp³-hybridized carbons (Fsp3) is 0.533. The maximum absolute atomic E-state index is 12.3. The third-order valence-corrected chi connectivity index (χ3v) is 6.40. The topological polar surface area (TPSA) is 101 Å². The maximum atomic E-state index is 12.3. The summed E-state index contributed by atoms with van der Waals surface area (Å²) in [5.74, 6) is -0.267. The molecule has 144 valence electrons. The zero-order chi connectivity index (χ0) is 18.4. The predicted octanol–water partition coefficient (Wildman–Crippen LogP) is 2.72. The number of hydrogen-bond donors (Lipinski definition) is 3. The van der Waals surface area contributed by atoms with Gasteiger partial charge in [0.15, 0.2) is 0 Å². The Morgan fingerprint density at radius 1 is 1.20 bits per heavy atom. The minimum Gasteiger partial charge on any atom is -0.349 e. The SMILES string of the molecule is CCC(CC)(CN)NC(=O)CCNS(=O)(=O)c1c(Cl)cccc1Cl.Cl. The van der Waals surface area contributed by atoms with Gasteiger partial charge in [0.1, 0.15) is 4.90 Å². The van der Waals surface area contributed by atoms with Crippen molar-refractivity contribution in [3.63, 3.8) is 0 Å². The van der Waals surface area contributed by atoms with Crippen LogP contribution in [0.25, 0.3) is 0 Å². The second-order valence-electron chi connectivity index (χ2n) is 5.44. The van der Waals surface area contributed by atoms with E-state index in [1.807, 2.05) is 13.8 Å². The molecule has 4 N–H and O–H groups in total. The number of amides is 1. The lowest BCUT2D eigenvalue weighted by atomic mass is 9.93. The minimum absolute atomic E-state index is 0. The molecule has 0 saturated carbocycles. The molecular weight excluding hydrogens is 409 g/mol. The van der Waals surface area contributed by atoms with Gasteiger partial charge in [-0.3, -0.25) is 4.79 Å². The summed E-state index contributed by atoms with van der Waals surface area (Å²) in [6.07, 6.45) is 1.39. The van der Waals surface area contributed by atoms with E-state index in [2.05, 4.69) is 10.0 Å². The van der Waals surface area contributed by atoms with Crippen LogP contribution in [0.5, 0.6) is 0 Å². The van der Waals surface area contributed by atoms with E-state index in [0.29, 0.717) is 19.4 Å². The molecule has 0 aliphatic carbocycles. The molecule has 0 aliphatic rings. The van der Waals surface area contributed by atoms with Gasteiger partial charge in [0.2, 0.25) is 15.9 Å². The molecule has 25 heavy (non-hydrogen) atoms. The smallest absolute Gasteiger partial charge is 0.243 e. The summed E-state index contributed by atoms with van der Waals surface area (Å²) in [7, 11) is -3.90. The quantitative estimate of drug-likeness (QED) is 0.558. The lowest BCUT2D eigenvalue weighted by molar-refractivity contribution is -0.122. The summed E-state index contributed by atoms with van der Waals surface area (Å²) >= 11 is 11.8. The Bertz CT molecular complexity index is 651. The first-order chi connectivity index (χ1) is 11.2.